The van der Waals surface area contributed by atoms with Crippen molar-refractivity contribution in [3.63, 3.8) is 0 Å². The summed E-state index contributed by atoms with van der Waals surface area (Å²) < 4.78 is 19.4. The van der Waals surface area contributed by atoms with E-state index in [2.05, 4.69) is 5.32 Å². The summed E-state index contributed by atoms with van der Waals surface area (Å²) in [6.45, 7) is 1.66. The Bertz CT molecular complexity index is 432. The third-order valence-electron chi connectivity index (χ3n) is 3.94. The number of rotatable bonds is 5. The maximum Gasteiger partial charge on any atom is 0.132 e. The second-order valence-corrected chi connectivity index (χ2v) is 5.43. The molecule has 0 spiro atoms. The molecule has 1 aromatic rings. The molecule has 1 aromatic carbocycles. The van der Waals surface area contributed by atoms with Crippen LogP contribution in [0.2, 0.25) is 0 Å². The number of methoxy groups -OCH3 is 1. The zero-order chi connectivity index (χ0) is 13.9. The molecule has 0 heterocycles. The molecule has 0 amide bonds. The van der Waals surface area contributed by atoms with Gasteiger partial charge in [-0.3, -0.25) is 0 Å². The van der Waals surface area contributed by atoms with Gasteiger partial charge in [-0.2, -0.15) is 0 Å². The summed E-state index contributed by atoms with van der Waals surface area (Å²) in [5, 5.41) is 13.2. The number of benzene rings is 1. The highest BCUT2D eigenvalue weighted by molar-refractivity contribution is 5.40. The van der Waals surface area contributed by atoms with Gasteiger partial charge in [0.2, 0.25) is 0 Å². The van der Waals surface area contributed by atoms with Crippen molar-refractivity contribution in [1.29, 1.82) is 0 Å². The van der Waals surface area contributed by atoms with Crippen molar-refractivity contribution >= 4 is 0 Å². The lowest BCUT2D eigenvalue weighted by atomic mass is 9.90. The Hall–Kier alpha value is -1.13. The molecule has 4 heteroatoms. The summed E-state index contributed by atoms with van der Waals surface area (Å²) in [7, 11) is 1.52. The minimum atomic E-state index is -0.814. The van der Waals surface area contributed by atoms with E-state index >= 15 is 0 Å². The zero-order valence-corrected chi connectivity index (χ0v) is 11.6. The Morgan fingerprint density at radius 2 is 2.11 bits per heavy atom. The van der Waals surface area contributed by atoms with Crippen LogP contribution in [0.25, 0.3) is 0 Å². The Kier molecular flexibility index (Phi) is 4.42. The van der Waals surface area contributed by atoms with Gasteiger partial charge < -0.3 is 15.2 Å². The van der Waals surface area contributed by atoms with Gasteiger partial charge in [0.05, 0.1) is 24.8 Å². The van der Waals surface area contributed by atoms with Crippen LogP contribution in [0.1, 0.15) is 38.2 Å². The fourth-order valence-electron chi connectivity index (χ4n) is 2.93. The van der Waals surface area contributed by atoms with E-state index in [1.807, 2.05) is 6.92 Å². The van der Waals surface area contributed by atoms with Crippen molar-refractivity contribution in [2.45, 2.75) is 44.2 Å². The number of aliphatic hydroxyl groups is 1. The van der Waals surface area contributed by atoms with Gasteiger partial charge in [-0.25, -0.2) is 4.39 Å². The van der Waals surface area contributed by atoms with Crippen LogP contribution in [0.15, 0.2) is 18.2 Å². The smallest absolute Gasteiger partial charge is 0.132 e. The van der Waals surface area contributed by atoms with Gasteiger partial charge in [0, 0.05) is 6.04 Å². The molecule has 0 bridgehead atoms. The zero-order valence-electron chi connectivity index (χ0n) is 11.6. The lowest BCUT2D eigenvalue weighted by Gasteiger charge is -2.34. The number of hydrogen-bond donors (Lipinski definition) is 2. The molecule has 0 radical (unpaired) electrons. The standard InChI is InChI=1S/C15H22FNO2/c1-15(10-18,17-11-6-3-4-7-11)14-12(16)8-5-9-13(14)19-2/h5,8-9,11,17-18H,3-4,6-7,10H2,1-2H3. The van der Waals surface area contributed by atoms with Gasteiger partial charge in [0.25, 0.3) is 0 Å². The second kappa shape index (κ2) is 5.88. The molecular weight excluding hydrogens is 245 g/mol. The van der Waals surface area contributed by atoms with E-state index in [-0.39, 0.29) is 12.4 Å². The number of hydrogen-bond acceptors (Lipinski definition) is 3. The molecule has 0 aromatic heterocycles. The predicted molar refractivity (Wildman–Crippen MR) is 72.8 cm³/mol. The number of nitrogens with one attached hydrogen (secondary N) is 1. The lowest BCUT2D eigenvalue weighted by molar-refractivity contribution is 0.154. The number of ether oxygens (including phenoxy) is 1. The molecule has 2 N–H and O–H groups in total. The highest BCUT2D eigenvalue weighted by Gasteiger charge is 2.34. The fourth-order valence-corrected chi connectivity index (χ4v) is 2.93. The van der Waals surface area contributed by atoms with Crippen molar-refractivity contribution in [3.05, 3.63) is 29.6 Å². The lowest BCUT2D eigenvalue weighted by Crippen LogP contribution is -2.48. The molecule has 2 rings (SSSR count). The van der Waals surface area contributed by atoms with Crippen LogP contribution in [0.4, 0.5) is 4.39 Å². The predicted octanol–water partition coefficient (Wildman–Crippen LogP) is 2.57. The van der Waals surface area contributed by atoms with Crippen molar-refractivity contribution < 1.29 is 14.2 Å². The minimum Gasteiger partial charge on any atom is -0.496 e. The summed E-state index contributed by atoms with van der Waals surface area (Å²) in [4.78, 5) is 0. The Balaban J connectivity index is 2.33. The highest BCUT2D eigenvalue weighted by Crippen LogP contribution is 2.34. The number of halogens is 1. The van der Waals surface area contributed by atoms with Crippen LogP contribution in [-0.2, 0) is 5.54 Å². The molecular formula is C15H22FNO2. The largest absolute Gasteiger partial charge is 0.496 e. The number of aliphatic hydroxyl groups excluding tert-OH is 1. The third kappa shape index (κ3) is 2.90. The normalized spacial score (nSPS) is 19.4. The van der Waals surface area contributed by atoms with E-state index in [4.69, 9.17) is 4.74 Å². The van der Waals surface area contributed by atoms with Gasteiger partial charge in [-0.1, -0.05) is 18.9 Å². The van der Waals surface area contributed by atoms with Crippen molar-refractivity contribution in [1.82, 2.24) is 5.32 Å². The van der Waals surface area contributed by atoms with Crippen LogP contribution in [0.5, 0.6) is 5.75 Å². The van der Waals surface area contributed by atoms with Gasteiger partial charge in [-0.05, 0) is 31.9 Å². The molecule has 1 unspecified atom stereocenters. The van der Waals surface area contributed by atoms with Crippen LogP contribution in [0, 0.1) is 5.82 Å². The first kappa shape index (κ1) is 14.3. The van der Waals surface area contributed by atoms with Crippen LogP contribution < -0.4 is 10.1 Å². The van der Waals surface area contributed by atoms with Crippen molar-refractivity contribution in [2.24, 2.45) is 0 Å². The van der Waals surface area contributed by atoms with Crippen LogP contribution in [0.3, 0.4) is 0 Å². The SMILES string of the molecule is COc1cccc(F)c1C(C)(CO)NC1CCCC1. The summed E-state index contributed by atoms with van der Waals surface area (Å²) in [5.41, 5.74) is -0.405. The molecule has 106 valence electrons. The molecule has 1 fully saturated rings. The maximum atomic E-state index is 14.2. The topological polar surface area (TPSA) is 41.5 Å². The Morgan fingerprint density at radius 3 is 2.68 bits per heavy atom. The Morgan fingerprint density at radius 1 is 1.42 bits per heavy atom. The quantitative estimate of drug-likeness (QED) is 0.861. The summed E-state index contributed by atoms with van der Waals surface area (Å²) in [5.74, 6) is 0.128. The molecule has 1 aliphatic rings. The van der Waals surface area contributed by atoms with Gasteiger partial charge in [0.1, 0.15) is 11.6 Å². The maximum absolute atomic E-state index is 14.2. The summed E-state index contributed by atoms with van der Waals surface area (Å²) >= 11 is 0. The molecule has 19 heavy (non-hydrogen) atoms. The van der Waals surface area contributed by atoms with Gasteiger partial charge in [0.15, 0.2) is 0 Å². The van der Waals surface area contributed by atoms with E-state index < -0.39 is 5.54 Å². The fraction of sp³-hybridized carbons (Fsp3) is 0.600. The average molecular weight is 267 g/mol. The molecule has 0 saturated heterocycles. The van der Waals surface area contributed by atoms with E-state index in [1.165, 1.54) is 26.0 Å². The van der Waals surface area contributed by atoms with Crippen LogP contribution in [-0.4, -0.2) is 24.9 Å². The van der Waals surface area contributed by atoms with E-state index in [0.29, 0.717) is 17.4 Å². The van der Waals surface area contributed by atoms with Gasteiger partial charge >= 0.3 is 0 Å². The first-order valence-electron chi connectivity index (χ1n) is 6.82. The van der Waals surface area contributed by atoms with E-state index in [0.717, 1.165) is 12.8 Å². The molecule has 1 atom stereocenters. The van der Waals surface area contributed by atoms with Crippen molar-refractivity contribution in [3.8, 4) is 5.75 Å². The average Bonchev–Trinajstić information content (AvgIpc) is 2.90. The summed E-state index contributed by atoms with van der Waals surface area (Å²) in [6, 6.07) is 5.08. The summed E-state index contributed by atoms with van der Waals surface area (Å²) in [6.07, 6.45) is 4.53. The second-order valence-electron chi connectivity index (χ2n) is 5.43. The Labute approximate surface area is 113 Å². The molecule has 1 aliphatic carbocycles. The minimum absolute atomic E-state index is 0.166. The highest BCUT2D eigenvalue weighted by atomic mass is 19.1. The molecule has 1 saturated carbocycles. The van der Waals surface area contributed by atoms with Crippen molar-refractivity contribution in [2.75, 3.05) is 13.7 Å². The van der Waals surface area contributed by atoms with Gasteiger partial charge in [-0.15, -0.1) is 0 Å². The monoisotopic (exact) mass is 267 g/mol. The van der Waals surface area contributed by atoms with E-state index in [9.17, 15) is 9.50 Å². The van der Waals surface area contributed by atoms with E-state index in [1.54, 1.807) is 12.1 Å². The third-order valence-corrected chi connectivity index (χ3v) is 3.94. The molecule has 0 aliphatic heterocycles. The first-order valence-corrected chi connectivity index (χ1v) is 6.82. The first-order chi connectivity index (χ1) is 9.10. The van der Waals surface area contributed by atoms with Crippen LogP contribution >= 0.6 is 0 Å². The molecule has 3 nitrogen and oxygen atoms in total.